The van der Waals surface area contributed by atoms with Gasteiger partial charge < -0.3 is 14.4 Å². The molecule has 2 rings (SSSR count). The maximum Gasteiger partial charge on any atom is 0.284 e. The Balaban J connectivity index is 1.80. The molecule has 6 nitrogen and oxygen atoms in total. The summed E-state index contributed by atoms with van der Waals surface area (Å²) in [6.07, 6.45) is 0. The number of hydrogen-bond acceptors (Lipinski definition) is 6. The predicted octanol–water partition coefficient (Wildman–Crippen LogP) is 2.35. The van der Waals surface area contributed by atoms with Crippen LogP contribution in [0.15, 0.2) is 24.3 Å². The summed E-state index contributed by atoms with van der Waals surface area (Å²) in [4.78, 5) is 13.5. The highest BCUT2D eigenvalue weighted by Crippen LogP contribution is 2.18. The largest absolute Gasteiger partial charge is 0.497 e. The van der Waals surface area contributed by atoms with Crippen molar-refractivity contribution in [2.24, 2.45) is 0 Å². The lowest BCUT2D eigenvalue weighted by molar-refractivity contribution is 0.0772. The number of rotatable bonds is 6. The maximum atomic E-state index is 12.0. The number of halogens is 1. The Labute approximate surface area is 131 Å². The Morgan fingerprint density at radius 3 is 2.52 bits per heavy atom. The molecule has 0 aliphatic rings. The highest BCUT2D eigenvalue weighted by atomic mass is 35.5. The molecule has 0 radical (unpaired) electrons. The second-order valence-corrected chi connectivity index (χ2v) is 5.67. The van der Waals surface area contributed by atoms with Crippen LogP contribution < -0.4 is 9.47 Å². The molecular weight excluding hydrogens is 314 g/mol. The molecule has 1 amide bonds. The van der Waals surface area contributed by atoms with E-state index in [4.69, 9.17) is 21.1 Å². The highest BCUT2D eigenvalue weighted by molar-refractivity contribution is 7.17. The van der Waals surface area contributed by atoms with Crippen LogP contribution in [0.5, 0.6) is 11.5 Å². The Kier molecular flexibility index (Phi) is 5.35. The molecule has 0 saturated heterocycles. The zero-order valence-electron chi connectivity index (χ0n) is 11.6. The summed E-state index contributed by atoms with van der Waals surface area (Å²) < 4.78 is 10.9. The van der Waals surface area contributed by atoms with Crippen molar-refractivity contribution >= 4 is 28.8 Å². The van der Waals surface area contributed by atoms with E-state index in [1.54, 1.807) is 14.2 Å². The molecule has 2 aromatic rings. The van der Waals surface area contributed by atoms with Crippen LogP contribution in [-0.4, -0.2) is 48.3 Å². The molecule has 112 valence electrons. The maximum absolute atomic E-state index is 12.0. The minimum absolute atomic E-state index is 0.224. The summed E-state index contributed by atoms with van der Waals surface area (Å²) in [7, 11) is 3.28. The van der Waals surface area contributed by atoms with E-state index in [9.17, 15) is 4.79 Å². The molecule has 0 atom stereocenters. The van der Waals surface area contributed by atoms with Gasteiger partial charge in [0.05, 0.1) is 13.7 Å². The van der Waals surface area contributed by atoms with Gasteiger partial charge in [0, 0.05) is 7.05 Å². The SMILES string of the molecule is COc1ccc(OCCN(C)C(=O)c2nnc(Cl)s2)cc1. The molecule has 0 aliphatic carbocycles. The lowest BCUT2D eigenvalue weighted by Gasteiger charge is -2.15. The summed E-state index contributed by atoms with van der Waals surface area (Å²) in [5.74, 6) is 1.26. The number of carbonyl (C=O) groups is 1. The van der Waals surface area contributed by atoms with Crippen molar-refractivity contribution in [3.8, 4) is 11.5 Å². The summed E-state index contributed by atoms with van der Waals surface area (Å²) >= 11 is 6.71. The number of nitrogens with zero attached hydrogens (tertiary/aromatic N) is 3. The number of aromatic nitrogens is 2. The monoisotopic (exact) mass is 327 g/mol. The molecule has 0 bridgehead atoms. The van der Waals surface area contributed by atoms with Crippen LogP contribution in [-0.2, 0) is 0 Å². The summed E-state index contributed by atoms with van der Waals surface area (Å²) in [5.41, 5.74) is 0. The Morgan fingerprint density at radius 2 is 1.95 bits per heavy atom. The number of likely N-dealkylation sites (N-methyl/N-ethyl adjacent to an activating group) is 1. The van der Waals surface area contributed by atoms with Gasteiger partial charge in [-0.1, -0.05) is 11.3 Å². The molecule has 0 fully saturated rings. The van der Waals surface area contributed by atoms with E-state index in [1.807, 2.05) is 24.3 Å². The molecule has 0 spiro atoms. The second kappa shape index (κ2) is 7.24. The van der Waals surface area contributed by atoms with Gasteiger partial charge in [-0.05, 0) is 35.9 Å². The number of methoxy groups -OCH3 is 1. The Morgan fingerprint density at radius 1 is 1.29 bits per heavy atom. The summed E-state index contributed by atoms with van der Waals surface area (Å²) in [6.45, 7) is 0.809. The van der Waals surface area contributed by atoms with Gasteiger partial charge in [-0.15, -0.1) is 10.2 Å². The van der Waals surface area contributed by atoms with E-state index in [0.29, 0.717) is 13.2 Å². The average Bonchev–Trinajstić information content (AvgIpc) is 2.93. The first-order valence-electron chi connectivity index (χ1n) is 6.11. The van der Waals surface area contributed by atoms with E-state index >= 15 is 0 Å². The van der Waals surface area contributed by atoms with Crippen LogP contribution in [0.2, 0.25) is 4.47 Å². The van der Waals surface area contributed by atoms with Gasteiger partial charge in [0.25, 0.3) is 5.91 Å². The lowest BCUT2D eigenvalue weighted by atomic mass is 10.3. The zero-order valence-corrected chi connectivity index (χ0v) is 13.1. The molecule has 8 heteroatoms. The fourth-order valence-corrected chi connectivity index (χ4v) is 2.35. The molecule has 0 N–H and O–H groups in total. The van der Waals surface area contributed by atoms with Crippen LogP contribution >= 0.6 is 22.9 Å². The van der Waals surface area contributed by atoms with Crippen molar-refractivity contribution in [2.75, 3.05) is 27.3 Å². The van der Waals surface area contributed by atoms with Gasteiger partial charge in [0.2, 0.25) is 9.47 Å². The minimum Gasteiger partial charge on any atom is -0.497 e. The van der Waals surface area contributed by atoms with Crippen LogP contribution in [0.3, 0.4) is 0 Å². The van der Waals surface area contributed by atoms with Crippen molar-refractivity contribution in [1.82, 2.24) is 15.1 Å². The van der Waals surface area contributed by atoms with Gasteiger partial charge in [-0.2, -0.15) is 0 Å². The first kappa shape index (κ1) is 15.5. The predicted molar refractivity (Wildman–Crippen MR) is 80.4 cm³/mol. The van der Waals surface area contributed by atoms with Gasteiger partial charge in [0.15, 0.2) is 0 Å². The number of hydrogen-bond donors (Lipinski definition) is 0. The van der Waals surface area contributed by atoms with Gasteiger partial charge in [-0.3, -0.25) is 4.79 Å². The molecule has 0 saturated carbocycles. The highest BCUT2D eigenvalue weighted by Gasteiger charge is 2.16. The van der Waals surface area contributed by atoms with Crippen molar-refractivity contribution in [3.05, 3.63) is 33.7 Å². The number of amides is 1. The quantitative estimate of drug-likeness (QED) is 0.815. The van der Waals surface area contributed by atoms with E-state index in [0.717, 1.165) is 22.8 Å². The third-order valence-corrected chi connectivity index (χ3v) is 3.69. The average molecular weight is 328 g/mol. The van der Waals surface area contributed by atoms with Crippen molar-refractivity contribution in [1.29, 1.82) is 0 Å². The smallest absolute Gasteiger partial charge is 0.284 e. The third-order valence-electron chi connectivity index (χ3n) is 2.68. The van der Waals surface area contributed by atoms with Crippen molar-refractivity contribution in [3.63, 3.8) is 0 Å². The third kappa shape index (κ3) is 4.30. The topological polar surface area (TPSA) is 64.6 Å². The van der Waals surface area contributed by atoms with E-state index < -0.39 is 0 Å². The number of carbonyl (C=O) groups excluding carboxylic acids is 1. The number of benzene rings is 1. The van der Waals surface area contributed by atoms with Gasteiger partial charge >= 0.3 is 0 Å². The van der Waals surface area contributed by atoms with E-state index in [1.165, 1.54) is 4.90 Å². The van der Waals surface area contributed by atoms with E-state index in [2.05, 4.69) is 10.2 Å². The van der Waals surface area contributed by atoms with Crippen molar-refractivity contribution in [2.45, 2.75) is 0 Å². The van der Waals surface area contributed by atoms with Crippen molar-refractivity contribution < 1.29 is 14.3 Å². The normalized spacial score (nSPS) is 10.2. The molecule has 1 heterocycles. The zero-order chi connectivity index (χ0) is 15.2. The van der Waals surface area contributed by atoms with Gasteiger partial charge in [0.1, 0.15) is 18.1 Å². The molecule has 0 aliphatic heterocycles. The first-order valence-corrected chi connectivity index (χ1v) is 7.31. The molecule has 1 aromatic heterocycles. The Hall–Kier alpha value is -1.86. The fraction of sp³-hybridized carbons (Fsp3) is 0.308. The second-order valence-electron chi connectivity index (χ2n) is 4.11. The molecule has 0 unspecified atom stereocenters. The van der Waals surface area contributed by atoms with Gasteiger partial charge in [-0.25, -0.2) is 0 Å². The van der Waals surface area contributed by atoms with E-state index in [-0.39, 0.29) is 15.4 Å². The van der Waals surface area contributed by atoms with Crippen LogP contribution in [0.25, 0.3) is 0 Å². The van der Waals surface area contributed by atoms with Crippen LogP contribution in [0.1, 0.15) is 9.80 Å². The molecule has 1 aromatic carbocycles. The molecule has 21 heavy (non-hydrogen) atoms. The minimum atomic E-state index is -0.224. The first-order chi connectivity index (χ1) is 10.1. The fourth-order valence-electron chi connectivity index (χ4n) is 1.53. The molecular formula is C13H14ClN3O3S. The summed E-state index contributed by atoms with van der Waals surface area (Å²) in [5, 5.41) is 7.59. The van der Waals surface area contributed by atoms with Crippen LogP contribution in [0.4, 0.5) is 0 Å². The lowest BCUT2D eigenvalue weighted by Crippen LogP contribution is -2.30. The number of ether oxygens (including phenoxy) is 2. The van der Waals surface area contributed by atoms with Crippen LogP contribution in [0, 0.1) is 0 Å². The standard InChI is InChI=1S/C13H14ClN3O3S/c1-17(12(18)11-15-16-13(14)21-11)7-8-20-10-5-3-9(19-2)4-6-10/h3-6H,7-8H2,1-2H3. The summed E-state index contributed by atoms with van der Waals surface area (Å²) in [6, 6.07) is 7.25. The Bertz CT molecular complexity index is 603.